The van der Waals surface area contributed by atoms with E-state index in [9.17, 15) is 9.18 Å². The molecule has 1 amide bonds. The van der Waals surface area contributed by atoms with E-state index in [4.69, 9.17) is 9.47 Å². The molecule has 0 saturated carbocycles. The molecule has 1 fully saturated rings. The molecule has 128 valence electrons. The number of piperidine rings is 1. The number of carbonyl (C=O) groups excluding carboxylic acids is 1. The van der Waals surface area contributed by atoms with Gasteiger partial charge in [0.25, 0.3) is 0 Å². The molecule has 0 spiro atoms. The number of halogens is 2. The summed E-state index contributed by atoms with van der Waals surface area (Å²) in [7, 11) is 0. The Bertz CT molecular complexity index is 551. The van der Waals surface area contributed by atoms with Crippen LogP contribution in [-0.4, -0.2) is 36.3 Å². The Balaban J connectivity index is 1.79. The van der Waals surface area contributed by atoms with Crippen molar-refractivity contribution in [1.29, 1.82) is 0 Å². The van der Waals surface area contributed by atoms with E-state index in [2.05, 4.69) is 15.9 Å². The normalized spacial score (nSPS) is 16.3. The molecule has 6 heteroatoms. The highest BCUT2D eigenvalue weighted by atomic mass is 79.9. The summed E-state index contributed by atoms with van der Waals surface area (Å²) in [5.41, 5.74) is -0.472. The molecule has 1 aromatic rings. The van der Waals surface area contributed by atoms with Gasteiger partial charge in [-0.2, -0.15) is 0 Å². The predicted octanol–water partition coefficient (Wildman–Crippen LogP) is 4.61. The summed E-state index contributed by atoms with van der Waals surface area (Å²) in [4.78, 5) is 13.7. The number of nitrogens with zero attached hydrogens (tertiary/aromatic N) is 1. The monoisotopic (exact) mass is 387 g/mol. The third-order valence-corrected chi connectivity index (χ3v) is 4.43. The fourth-order valence-electron chi connectivity index (χ4n) is 2.41. The van der Waals surface area contributed by atoms with E-state index in [1.165, 1.54) is 6.07 Å². The third-order valence-electron chi connectivity index (χ3n) is 3.66. The Hall–Kier alpha value is -1.30. The lowest BCUT2D eigenvalue weighted by Crippen LogP contribution is -2.42. The molecule has 0 atom stereocenters. The SMILES string of the molecule is CC(C)(C)OC(=O)N1CCC(COc2cccc(F)c2Br)CC1. The number of carbonyl (C=O) groups is 1. The maximum absolute atomic E-state index is 13.4. The minimum absolute atomic E-state index is 0.259. The van der Waals surface area contributed by atoms with Crippen LogP contribution in [0.4, 0.5) is 9.18 Å². The highest BCUT2D eigenvalue weighted by Gasteiger charge is 2.27. The number of hydrogen-bond donors (Lipinski definition) is 0. The number of hydrogen-bond acceptors (Lipinski definition) is 3. The molecular formula is C17H23BrFNO3. The van der Waals surface area contributed by atoms with Gasteiger partial charge in [-0.1, -0.05) is 6.07 Å². The Morgan fingerprint density at radius 1 is 1.35 bits per heavy atom. The van der Waals surface area contributed by atoms with E-state index in [0.29, 0.717) is 35.8 Å². The van der Waals surface area contributed by atoms with Crippen LogP contribution >= 0.6 is 15.9 Å². The lowest BCUT2D eigenvalue weighted by molar-refractivity contribution is 0.0164. The molecule has 4 nitrogen and oxygen atoms in total. The summed E-state index contributed by atoms with van der Waals surface area (Å²) in [5, 5.41) is 0. The highest BCUT2D eigenvalue weighted by molar-refractivity contribution is 9.10. The molecule has 0 bridgehead atoms. The Labute approximate surface area is 145 Å². The van der Waals surface area contributed by atoms with Crippen molar-refractivity contribution >= 4 is 22.0 Å². The van der Waals surface area contributed by atoms with Crippen LogP contribution in [-0.2, 0) is 4.74 Å². The average Bonchev–Trinajstić information content (AvgIpc) is 2.47. The topological polar surface area (TPSA) is 38.8 Å². The smallest absolute Gasteiger partial charge is 0.410 e. The van der Waals surface area contributed by atoms with Crippen LogP contribution in [0.1, 0.15) is 33.6 Å². The standard InChI is InChI=1S/C17H23BrFNO3/c1-17(2,3)23-16(21)20-9-7-12(8-10-20)11-22-14-6-4-5-13(19)15(14)18/h4-6,12H,7-11H2,1-3H3. The fraction of sp³-hybridized carbons (Fsp3) is 0.588. The van der Waals surface area contributed by atoms with Gasteiger partial charge < -0.3 is 14.4 Å². The maximum Gasteiger partial charge on any atom is 0.410 e. The number of rotatable bonds is 3. The van der Waals surface area contributed by atoms with E-state index in [1.54, 1.807) is 17.0 Å². The Morgan fingerprint density at radius 2 is 2.00 bits per heavy atom. The van der Waals surface area contributed by atoms with Crippen molar-refractivity contribution in [2.75, 3.05) is 19.7 Å². The van der Waals surface area contributed by atoms with Crippen molar-refractivity contribution in [1.82, 2.24) is 4.90 Å². The van der Waals surface area contributed by atoms with Crippen LogP contribution in [0.15, 0.2) is 22.7 Å². The van der Waals surface area contributed by atoms with Crippen LogP contribution in [0.25, 0.3) is 0 Å². The van der Waals surface area contributed by atoms with Gasteiger partial charge in [0.2, 0.25) is 0 Å². The van der Waals surface area contributed by atoms with E-state index < -0.39 is 5.60 Å². The second-order valence-corrected chi connectivity index (χ2v) is 7.57. The minimum Gasteiger partial charge on any atom is -0.492 e. The van der Waals surface area contributed by atoms with Gasteiger partial charge in [-0.05, 0) is 67.6 Å². The first-order chi connectivity index (χ1) is 10.8. The molecule has 1 saturated heterocycles. The second kappa shape index (κ2) is 7.51. The van der Waals surface area contributed by atoms with E-state index in [-0.39, 0.29) is 11.9 Å². The molecule has 1 aromatic carbocycles. The summed E-state index contributed by atoms with van der Waals surface area (Å²) < 4.78 is 24.9. The van der Waals surface area contributed by atoms with Gasteiger partial charge in [-0.25, -0.2) is 9.18 Å². The molecule has 23 heavy (non-hydrogen) atoms. The zero-order chi connectivity index (χ0) is 17.0. The largest absolute Gasteiger partial charge is 0.492 e. The van der Waals surface area contributed by atoms with Crippen molar-refractivity contribution < 1.29 is 18.7 Å². The Morgan fingerprint density at radius 3 is 2.61 bits per heavy atom. The first kappa shape index (κ1) is 18.0. The van der Waals surface area contributed by atoms with Gasteiger partial charge >= 0.3 is 6.09 Å². The summed E-state index contributed by atoms with van der Waals surface area (Å²) in [6.45, 7) is 7.43. The molecule has 0 aromatic heterocycles. The second-order valence-electron chi connectivity index (χ2n) is 6.77. The number of benzene rings is 1. The van der Waals surface area contributed by atoms with Crippen LogP contribution in [0, 0.1) is 11.7 Å². The summed E-state index contributed by atoms with van der Waals surface area (Å²) in [6, 6.07) is 4.75. The van der Waals surface area contributed by atoms with Crippen molar-refractivity contribution in [2.24, 2.45) is 5.92 Å². The van der Waals surface area contributed by atoms with Gasteiger partial charge in [0.15, 0.2) is 0 Å². The molecule has 0 radical (unpaired) electrons. The number of likely N-dealkylation sites (tertiary alicyclic amines) is 1. The zero-order valence-electron chi connectivity index (χ0n) is 13.8. The molecule has 0 unspecified atom stereocenters. The summed E-state index contributed by atoms with van der Waals surface area (Å²) >= 11 is 3.19. The maximum atomic E-state index is 13.4. The van der Waals surface area contributed by atoms with E-state index in [1.807, 2.05) is 20.8 Å². The number of ether oxygens (including phenoxy) is 2. The molecule has 1 aliphatic heterocycles. The van der Waals surface area contributed by atoms with Crippen LogP contribution in [0.5, 0.6) is 5.75 Å². The quantitative estimate of drug-likeness (QED) is 0.759. The minimum atomic E-state index is -0.472. The lowest BCUT2D eigenvalue weighted by Gasteiger charge is -2.33. The molecule has 0 N–H and O–H groups in total. The van der Waals surface area contributed by atoms with Gasteiger partial charge in [0.1, 0.15) is 17.2 Å². The Kier molecular flexibility index (Phi) is 5.89. The number of amides is 1. The predicted molar refractivity (Wildman–Crippen MR) is 90.1 cm³/mol. The first-order valence-corrected chi connectivity index (χ1v) is 8.60. The average molecular weight is 388 g/mol. The summed E-state index contributed by atoms with van der Waals surface area (Å²) in [6.07, 6.45) is 1.45. The highest BCUT2D eigenvalue weighted by Crippen LogP contribution is 2.29. The van der Waals surface area contributed by atoms with Crippen LogP contribution in [0.3, 0.4) is 0 Å². The molecule has 2 rings (SSSR count). The lowest BCUT2D eigenvalue weighted by atomic mass is 9.98. The van der Waals surface area contributed by atoms with Crippen molar-refractivity contribution in [3.63, 3.8) is 0 Å². The van der Waals surface area contributed by atoms with E-state index >= 15 is 0 Å². The van der Waals surface area contributed by atoms with Crippen molar-refractivity contribution in [3.05, 3.63) is 28.5 Å². The van der Waals surface area contributed by atoms with Crippen molar-refractivity contribution in [3.8, 4) is 5.75 Å². The van der Waals surface area contributed by atoms with E-state index in [0.717, 1.165) is 12.8 Å². The molecule has 1 aliphatic rings. The zero-order valence-corrected chi connectivity index (χ0v) is 15.4. The van der Waals surface area contributed by atoms with Gasteiger partial charge in [-0.15, -0.1) is 0 Å². The van der Waals surface area contributed by atoms with Gasteiger partial charge in [0, 0.05) is 13.1 Å². The summed E-state index contributed by atoms with van der Waals surface area (Å²) in [5.74, 6) is 0.533. The molecule has 1 heterocycles. The van der Waals surface area contributed by atoms with Crippen molar-refractivity contribution in [2.45, 2.75) is 39.2 Å². The van der Waals surface area contributed by atoms with Gasteiger partial charge in [-0.3, -0.25) is 0 Å². The van der Waals surface area contributed by atoms with Crippen LogP contribution < -0.4 is 4.74 Å². The van der Waals surface area contributed by atoms with Crippen LogP contribution in [0.2, 0.25) is 0 Å². The molecular weight excluding hydrogens is 365 g/mol. The third kappa shape index (κ3) is 5.37. The van der Waals surface area contributed by atoms with Gasteiger partial charge in [0.05, 0.1) is 11.1 Å². The fourth-order valence-corrected chi connectivity index (χ4v) is 2.79. The first-order valence-electron chi connectivity index (χ1n) is 7.81. The molecule has 0 aliphatic carbocycles.